The number of anilines is 1. The van der Waals surface area contributed by atoms with Gasteiger partial charge in [-0.25, -0.2) is 4.85 Å². The molecule has 2 aromatic rings. The van der Waals surface area contributed by atoms with Crippen molar-refractivity contribution < 1.29 is 4.79 Å². The molecule has 4 heteroatoms. The molecule has 4 rings (SSSR count). The minimum Gasteiger partial charge on any atom is -0.312 e. The zero-order valence-electron chi connectivity index (χ0n) is 14.9. The third kappa shape index (κ3) is 3.36. The van der Waals surface area contributed by atoms with Gasteiger partial charge in [0.1, 0.15) is 0 Å². The van der Waals surface area contributed by atoms with Crippen LogP contribution in [0.3, 0.4) is 0 Å². The van der Waals surface area contributed by atoms with Crippen LogP contribution < -0.4 is 4.90 Å². The summed E-state index contributed by atoms with van der Waals surface area (Å²) in [5, 5.41) is 0. The van der Waals surface area contributed by atoms with E-state index in [1.54, 1.807) is 12.1 Å². The summed E-state index contributed by atoms with van der Waals surface area (Å²) in [6.07, 6.45) is 2.79. The number of rotatable bonds is 3. The van der Waals surface area contributed by atoms with Gasteiger partial charge in [-0.2, -0.15) is 0 Å². The molecule has 26 heavy (non-hydrogen) atoms. The maximum atomic E-state index is 12.6. The summed E-state index contributed by atoms with van der Waals surface area (Å²) in [6, 6.07) is 18.0. The van der Waals surface area contributed by atoms with Gasteiger partial charge >= 0.3 is 0 Å². The summed E-state index contributed by atoms with van der Waals surface area (Å²) in [6.45, 7) is 11.0. The molecule has 0 N–H and O–H groups in total. The highest BCUT2D eigenvalue weighted by Crippen LogP contribution is 2.43. The fourth-order valence-electron chi connectivity index (χ4n) is 4.20. The van der Waals surface area contributed by atoms with Crippen LogP contribution >= 0.6 is 0 Å². The Morgan fingerprint density at radius 1 is 1.00 bits per heavy atom. The third-order valence-corrected chi connectivity index (χ3v) is 5.78. The molecule has 4 nitrogen and oxygen atoms in total. The number of piperidine rings is 1. The molecule has 0 aliphatic carbocycles. The summed E-state index contributed by atoms with van der Waals surface area (Å²) in [5.41, 5.74) is 3.01. The largest absolute Gasteiger partial charge is 0.312 e. The second-order valence-electron chi connectivity index (χ2n) is 7.55. The van der Waals surface area contributed by atoms with Crippen LogP contribution in [0, 0.1) is 12.0 Å². The fraction of sp³-hybridized carbons (Fsp3) is 0.364. The normalized spacial score (nSPS) is 19.7. The molecule has 2 aliphatic rings. The van der Waals surface area contributed by atoms with E-state index in [-0.39, 0.29) is 11.3 Å². The van der Waals surface area contributed by atoms with Gasteiger partial charge in [-0.05, 0) is 49.0 Å². The Morgan fingerprint density at radius 3 is 2.35 bits per heavy atom. The van der Waals surface area contributed by atoms with E-state index in [2.05, 4.69) is 40.1 Å². The van der Waals surface area contributed by atoms with Crippen molar-refractivity contribution in [3.8, 4) is 0 Å². The lowest BCUT2D eigenvalue weighted by Gasteiger charge is -2.38. The molecule has 0 atom stereocenters. The molecule has 0 bridgehead atoms. The number of hydrogen-bond acceptors (Lipinski definition) is 2. The van der Waals surface area contributed by atoms with E-state index in [1.807, 2.05) is 17.0 Å². The van der Waals surface area contributed by atoms with E-state index >= 15 is 0 Å². The Morgan fingerprint density at radius 2 is 1.69 bits per heavy atom. The molecule has 2 aromatic carbocycles. The summed E-state index contributed by atoms with van der Waals surface area (Å²) in [5.74, 6) is 0.220. The number of amides is 1. The smallest absolute Gasteiger partial charge is 0.227 e. The van der Waals surface area contributed by atoms with Gasteiger partial charge in [0.05, 0.1) is 6.57 Å². The van der Waals surface area contributed by atoms with Crippen LogP contribution in [0.5, 0.6) is 0 Å². The fourth-order valence-corrected chi connectivity index (χ4v) is 4.20. The predicted molar refractivity (Wildman–Crippen MR) is 103 cm³/mol. The zero-order valence-corrected chi connectivity index (χ0v) is 14.9. The van der Waals surface area contributed by atoms with Crippen molar-refractivity contribution in [2.45, 2.75) is 25.8 Å². The van der Waals surface area contributed by atoms with E-state index < -0.39 is 0 Å². The van der Waals surface area contributed by atoms with Gasteiger partial charge in [0, 0.05) is 25.2 Å². The van der Waals surface area contributed by atoms with Crippen molar-refractivity contribution in [3.63, 3.8) is 0 Å². The molecule has 0 unspecified atom stereocenters. The first-order valence-corrected chi connectivity index (χ1v) is 9.22. The van der Waals surface area contributed by atoms with Gasteiger partial charge in [-0.15, -0.1) is 0 Å². The second-order valence-corrected chi connectivity index (χ2v) is 7.55. The number of benzene rings is 2. The van der Waals surface area contributed by atoms with Crippen molar-refractivity contribution in [2.24, 2.45) is 5.41 Å². The standard InChI is InChI=1S/C22H23N3O/c1-23-19-7-9-20(10-8-19)25-17-22(15-21(25)26)11-13-24(14-12-22)16-18-5-3-2-4-6-18/h2-10H,11-17H2. The molecular weight excluding hydrogens is 322 g/mol. The molecular formula is C22H23N3O. The van der Waals surface area contributed by atoms with Gasteiger partial charge < -0.3 is 4.90 Å². The third-order valence-electron chi connectivity index (χ3n) is 5.78. The first-order chi connectivity index (χ1) is 12.7. The molecule has 0 aromatic heterocycles. The number of nitrogens with zero attached hydrogens (tertiary/aromatic N) is 3. The SMILES string of the molecule is [C-]#[N+]c1ccc(N2CC3(CCN(Cc4ccccc4)CC3)CC2=O)cc1. The first kappa shape index (κ1) is 16.8. The Kier molecular flexibility index (Phi) is 4.48. The molecule has 2 heterocycles. The Balaban J connectivity index is 1.40. The van der Waals surface area contributed by atoms with Crippen LogP contribution in [0.15, 0.2) is 54.6 Å². The number of hydrogen-bond donors (Lipinski definition) is 0. The molecule has 1 amide bonds. The topological polar surface area (TPSA) is 27.9 Å². The molecule has 2 saturated heterocycles. The molecule has 2 aliphatic heterocycles. The second kappa shape index (κ2) is 6.93. The van der Waals surface area contributed by atoms with E-state index in [0.29, 0.717) is 12.1 Å². The van der Waals surface area contributed by atoms with E-state index in [9.17, 15) is 4.79 Å². The minimum absolute atomic E-state index is 0.114. The van der Waals surface area contributed by atoms with Crippen LogP contribution in [0.4, 0.5) is 11.4 Å². The van der Waals surface area contributed by atoms with E-state index in [4.69, 9.17) is 6.57 Å². The maximum Gasteiger partial charge on any atom is 0.227 e. The number of carbonyl (C=O) groups is 1. The number of carbonyl (C=O) groups excluding carboxylic acids is 1. The molecule has 132 valence electrons. The summed E-state index contributed by atoms with van der Waals surface area (Å²) in [4.78, 5) is 20.5. The number of likely N-dealkylation sites (tertiary alicyclic amines) is 1. The monoisotopic (exact) mass is 345 g/mol. The van der Waals surface area contributed by atoms with Gasteiger partial charge in [0.2, 0.25) is 5.91 Å². The van der Waals surface area contributed by atoms with Gasteiger partial charge in [-0.1, -0.05) is 42.5 Å². The summed E-state index contributed by atoms with van der Waals surface area (Å²) < 4.78 is 0. The average Bonchev–Trinajstić information content (AvgIpc) is 3.01. The van der Waals surface area contributed by atoms with Gasteiger partial charge in [0.25, 0.3) is 0 Å². The predicted octanol–water partition coefficient (Wildman–Crippen LogP) is 4.26. The summed E-state index contributed by atoms with van der Waals surface area (Å²) >= 11 is 0. The molecule has 2 fully saturated rings. The Hall–Kier alpha value is -2.64. The van der Waals surface area contributed by atoms with Crippen LogP contribution in [0.2, 0.25) is 0 Å². The van der Waals surface area contributed by atoms with Crippen LogP contribution in [0.1, 0.15) is 24.8 Å². The van der Waals surface area contributed by atoms with Crippen molar-refractivity contribution >= 4 is 17.3 Å². The quantitative estimate of drug-likeness (QED) is 0.778. The van der Waals surface area contributed by atoms with E-state index in [0.717, 1.165) is 44.7 Å². The lowest BCUT2D eigenvalue weighted by atomic mass is 9.77. The van der Waals surface area contributed by atoms with Crippen molar-refractivity contribution in [3.05, 3.63) is 71.6 Å². The minimum atomic E-state index is 0.114. The van der Waals surface area contributed by atoms with Crippen LogP contribution in [-0.2, 0) is 11.3 Å². The van der Waals surface area contributed by atoms with E-state index in [1.165, 1.54) is 5.56 Å². The van der Waals surface area contributed by atoms with Gasteiger partial charge in [-0.3, -0.25) is 9.69 Å². The maximum absolute atomic E-state index is 12.6. The first-order valence-electron chi connectivity index (χ1n) is 9.22. The van der Waals surface area contributed by atoms with Crippen LogP contribution in [-0.4, -0.2) is 30.4 Å². The molecule has 0 radical (unpaired) electrons. The Bertz CT molecular complexity index is 815. The lowest BCUT2D eigenvalue weighted by molar-refractivity contribution is -0.118. The zero-order chi connectivity index (χ0) is 18.0. The highest BCUT2D eigenvalue weighted by atomic mass is 16.2. The highest BCUT2D eigenvalue weighted by Gasteiger charge is 2.45. The van der Waals surface area contributed by atoms with Crippen molar-refractivity contribution in [1.82, 2.24) is 4.90 Å². The van der Waals surface area contributed by atoms with Crippen molar-refractivity contribution in [1.29, 1.82) is 0 Å². The lowest BCUT2D eigenvalue weighted by Crippen LogP contribution is -2.41. The van der Waals surface area contributed by atoms with Crippen molar-refractivity contribution in [2.75, 3.05) is 24.5 Å². The Labute approximate surface area is 154 Å². The summed E-state index contributed by atoms with van der Waals surface area (Å²) in [7, 11) is 0. The highest BCUT2D eigenvalue weighted by molar-refractivity contribution is 5.96. The average molecular weight is 345 g/mol. The molecule has 0 saturated carbocycles. The van der Waals surface area contributed by atoms with Crippen LogP contribution in [0.25, 0.3) is 4.85 Å². The molecule has 1 spiro atoms. The van der Waals surface area contributed by atoms with Gasteiger partial charge in [0.15, 0.2) is 5.69 Å².